The van der Waals surface area contributed by atoms with E-state index in [0.717, 1.165) is 50.8 Å². The number of nitrogens with one attached hydrogen (secondary N) is 2. The molecule has 1 saturated heterocycles. The van der Waals surface area contributed by atoms with Crippen LogP contribution >= 0.6 is 12.2 Å². The Hall–Kier alpha value is -2.11. The summed E-state index contributed by atoms with van der Waals surface area (Å²) in [6, 6.07) is 21.6. The molecule has 0 bridgehead atoms. The number of anilines is 1. The molecule has 1 heterocycles. The SMILES string of the molecule is CC(CNC(=S)NCCc1ccccc1)N1CCN(c2ccccc2)CC1. The monoisotopic (exact) mass is 382 g/mol. The Kier molecular flexibility index (Phi) is 7.48. The predicted molar refractivity (Wildman–Crippen MR) is 118 cm³/mol. The summed E-state index contributed by atoms with van der Waals surface area (Å²) in [6.45, 7) is 8.35. The first-order chi connectivity index (χ1) is 13.2. The molecule has 1 unspecified atom stereocenters. The lowest BCUT2D eigenvalue weighted by atomic mass is 10.1. The van der Waals surface area contributed by atoms with Gasteiger partial charge in [0, 0.05) is 51.0 Å². The third kappa shape index (κ3) is 6.22. The number of rotatable bonds is 7. The first-order valence-corrected chi connectivity index (χ1v) is 10.2. The molecule has 0 amide bonds. The Balaban J connectivity index is 1.32. The average Bonchev–Trinajstić information content (AvgIpc) is 2.73. The summed E-state index contributed by atoms with van der Waals surface area (Å²) in [5.74, 6) is 0. The summed E-state index contributed by atoms with van der Waals surface area (Å²) in [5, 5.41) is 7.44. The van der Waals surface area contributed by atoms with E-state index in [9.17, 15) is 0 Å². The van der Waals surface area contributed by atoms with Gasteiger partial charge in [0.05, 0.1) is 0 Å². The lowest BCUT2D eigenvalue weighted by Crippen LogP contribution is -2.53. The molecule has 0 radical (unpaired) electrons. The highest BCUT2D eigenvalue weighted by atomic mass is 32.1. The first kappa shape index (κ1) is 19.6. The molecule has 2 aromatic carbocycles. The van der Waals surface area contributed by atoms with Gasteiger partial charge >= 0.3 is 0 Å². The van der Waals surface area contributed by atoms with Crippen LogP contribution in [0.4, 0.5) is 5.69 Å². The molecule has 144 valence electrons. The van der Waals surface area contributed by atoms with E-state index < -0.39 is 0 Å². The quantitative estimate of drug-likeness (QED) is 0.719. The Morgan fingerprint density at radius 2 is 1.56 bits per heavy atom. The van der Waals surface area contributed by atoms with Crippen LogP contribution in [0.25, 0.3) is 0 Å². The summed E-state index contributed by atoms with van der Waals surface area (Å²) >= 11 is 5.42. The standard InChI is InChI=1S/C22H30N4S/c1-19(18-24-22(27)23-13-12-20-8-4-2-5-9-20)25-14-16-26(17-15-25)21-10-6-3-7-11-21/h2-11,19H,12-18H2,1H3,(H2,23,24,27). The van der Waals surface area contributed by atoms with Crippen LogP contribution in [0, 0.1) is 0 Å². The first-order valence-electron chi connectivity index (χ1n) is 9.82. The van der Waals surface area contributed by atoms with Crippen molar-refractivity contribution in [3.05, 3.63) is 66.2 Å². The summed E-state index contributed by atoms with van der Waals surface area (Å²) in [7, 11) is 0. The summed E-state index contributed by atoms with van der Waals surface area (Å²) in [4.78, 5) is 5.01. The molecule has 1 fully saturated rings. The predicted octanol–water partition coefficient (Wildman–Crippen LogP) is 2.90. The van der Waals surface area contributed by atoms with E-state index in [-0.39, 0.29) is 0 Å². The molecule has 1 aliphatic rings. The fourth-order valence-electron chi connectivity index (χ4n) is 3.46. The maximum Gasteiger partial charge on any atom is 0.166 e. The van der Waals surface area contributed by atoms with Gasteiger partial charge in [0.2, 0.25) is 0 Å². The van der Waals surface area contributed by atoms with Crippen molar-refractivity contribution in [1.82, 2.24) is 15.5 Å². The molecule has 2 aromatic rings. The van der Waals surface area contributed by atoms with Crippen LogP contribution < -0.4 is 15.5 Å². The van der Waals surface area contributed by atoms with E-state index in [1.54, 1.807) is 0 Å². The maximum absolute atomic E-state index is 5.42. The van der Waals surface area contributed by atoms with Gasteiger partial charge in [-0.2, -0.15) is 0 Å². The molecular weight excluding hydrogens is 352 g/mol. The molecule has 0 spiro atoms. The number of piperazine rings is 1. The molecule has 4 nitrogen and oxygen atoms in total. The van der Waals surface area contributed by atoms with Crippen LogP contribution in [0.2, 0.25) is 0 Å². The zero-order chi connectivity index (χ0) is 18.9. The minimum Gasteiger partial charge on any atom is -0.369 e. The summed E-state index contributed by atoms with van der Waals surface area (Å²) in [6.07, 6.45) is 0.986. The van der Waals surface area contributed by atoms with Crippen molar-refractivity contribution in [2.45, 2.75) is 19.4 Å². The van der Waals surface area contributed by atoms with Crippen molar-refractivity contribution in [1.29, 1.82) is 0 Å². The Bertz CT molecular complexity index is 684. The normalized spacial score (nSPS) is 16.0. The van der Waals surface area contributed by atoms with Gasteiger partial charge in [-0.25, -0.2) is 0 Å². The van der Waals surface area contributed by atoms with Gasteiger partial charge in [-0.05, 0) is 43.3 Å². The number of hydrogen-bond acceptors (Lipinski definition) is 3. The van der Waals surface area contributed by atoms with E-state index in [1.165, 1.54) is 11.3 Å². The van der Waals surface area contributed by atoms with Crippen molar-refractivity contribution >= 4 is 23.0 Å². The highest BCUT2D eigenvalue weighted by Crippen LogP contribution is 2.16. The Morgan fingerprint density at radius 3 is 2.22 bits per heavy atom. The minimum atomic E-state index is 0.469. The topological polar surface area (TPSA) is 30.5 Å². The fourth-order valence-corrected chi connectivity index (χ4v) is 3.64. The summed E-state index contributed by atoms with van der Waals surface area (Å²) < 4.78 is 0. The number of nitrogens with zero attached hydrogens (tertiary/aromatic N) is 2. The molecule has 2 N–H and O–H groups in total. The van der Waals surface area contributed by atoms with E-state index in [4.69, 9.17) is 12.2 Å². The van der Waals surface area contributed by atoms with Crippen molar-refractivity contribution in [2.24, 2.45) is 0 Å². The number of benzene rings is 2. The molecule has 1 atom stereocenters. The van der Waals surface area contributed by atoms with E-state index in [2.05, 4.69) is 82.0 Å². The van der Waals surface area contributed by atoms with Crippen molar-refractivity contribution < 1.29 is 0 Å². The number of thiocarbonyl (C=S) groups is 1. The molecule has 5 heteroatoms. The fraction of sp³-hybridized carbons (Fsp3) is 0.409. The van der Waals surface area contributed by atoms with E-state index in [0.29, 0.717) is 6.04 Å². The van der Waals surface area contributed by atoms with Gasteiger partial charge in [-0.3, -0.25) is 4.90 Å². The zero-order valence-electron chi connectivity index (χ0n) is 16.1. The third-order valence-corrected chi connectivity index (χ3v) is 5.45. The Morgan fingerprint density at radius 1 is 0.926 bits per heavy atom. The van der Waals surface area contributed by atoms with Crippen LogP contribution in [-0.4, -0.2) is 55.3 Å². The lowest BCUT2D eigenvalue weighted by molar-refractivity contribution is 0.197. The van der Waals surface area contributed by atoms with Gasteiger partial charge in [-0.1, -0.05) is 48.5 Å². The highest BCUT2D eigenvalue weighted by molar-refractivity contribution is 7.80. The van der Waals surface area contributed by atoms with Gasteiger partial charge in [0.15, 0.2) is 5.11 Å². The van der Waals surface area contributed by atoms with Crippen molar-refractivity contribution in [3.8, 4) is 0 Å². The molecular formula is C22H30N4S. The largest absolute Gasteiger partial charge is 0.369 e. The smallest absolute Gasteiger partial charge is 0.166 e. The molecule has 1 aliphatic heterocycles. The molecule has 3 rings (SSSR count). The van der Waals surface area contributed by atoms with Crippen molar-refractivity contribution in [3.63, 3.8) is 0 Å². The zero-order valence-corrected chi connectivity index (χ0v) is 16.9. The van der Waals surface area contributed by atoms with Gasteiger partial charge in [0.25, 0.3) is 0 Å². The van der Waals surface area contributed by atoms with Gasteiger partial charge < -0.3 is 15.5 Å². The van der Waals surface area contributed by atoms with Gasteiger partial charge in [-0.15, -0.1) is 0 Å². The second kappa shape index (κ2) is 10.3. The van der Waals surface area contributed by atoms with Crippen LogP contribution in [0.15, 0.2) is 60.7 Å². The molecule has 0 aliphatic carbocycles. The van der Waals surface area contributed by atoms with Crippen LogP contribution in [-0.2, 0) is 6.42 Å². The Labute approximate surface area is 168 Å². The highest BCUT2D eigenvalue weighted by Gasteiger charge is 2.21. The van der Waals surface area contributed by atoms with Crippen LogP contribution in [0.1, 0.15) is 12.5 Å². The molecule has 0 saturated carbocycles. The number of hydrogen-bond donors (Lipinski definition) is 2. The average molecular weight is 383 g/mol. The molecule has 0 aromatic heterocycles. The second-order valence-corrected chi connectivity index (χ2v) is 7.49. The maximum atomic E-state index is 5.42. The summed E-state index contributed by atoms with van der Waals surface area (Å²) in [5.41, 5.74) is 2.66. The third-order valence-electron chi connectivity index (χ3n) is 5.16. The van der Waals surface area contributed by atoms with Crippen molar-refractivity contribution in [2.75, 3.05) is 44.2 Å². The van der Waals surface area contributed by atoms with Gasteiger partial charge in [0.1, 0.15) is 0 Å². The lowest BCUT2D eigenvalue weighted by Gasteiger charge is -2.39. The van der Waals surface area contributed by atoms with E-state index in [1.807, 2.05) is 6.07 Å². The van der Waals surface area contributed by atoms with Crippen LogP contribution in [0.5, 0.6) is 0 Å². The number of para-hydroxylation sites is 1. The van der Waals surface area contributed by atoms with Crippen LogP contribution in [0.3, 0.4) is 0 Å². The van der Waals surface area contributed by atoms with E-state index >= 15 is 0 Å². The second-order valence-electron chi connectivity index (χ2n) is 7.08. The minimum absolute atomic E-state index is 0.469. The molecule has 27 heavy (non-hydrogen) atoms.